The molecule has 1 unspecified atom stereocenters. The highest BCUT2D eigenvalue weighted by Gasteiger charge is 2.00. The normalized spacial score (nSPS) is 13.9. The Balaban J connectivity index is 3.65. The Morgan fingerprint density at radius 2 is 2.23 bits per heavy atom. The lowest BCUT2D eigenvalue weighted by atomic mass is 9.99. The number of rotatable bonds is 6. The standard InChI is InChI=1S/C11H20O2/c1-5-13-11(12)8-6-7-10(4)9(2)3/h8,10,12H,2,5-7H2,1,3-4H3/b11-8-. The van der Waals surface area contributed by atoms with Crippen molar-refractivity contribution in [1.29, 1.82) is 0 Å². The van der Waals surface area contributed by atoms with E-state index >= 15 is 0 Å². The van der Waals surface area contributed by atoms with Crippen molar-refractivity contribution in [2.75, 3.05) is 6.61 Å². The van der Waals surface area contributed by atoms with Crippen LogP contribution in [0.5, 0.6) is 0 Å². The van der Waals surface area contributed by atoms with Crippen LogP contribution in [0.2, 0.25) is 0 Å². The molecule has 0 bridgehead atoms. The second-order valence-corrected chi connectivity index (χ2v) is 3.30. The molecule has 0 aromatic carbocycles. The minimum absolute atomic E-state index is 0.0383. The van der Waals surface area contributed by atoms with Crippen LogP contribution in [0.1, 0.15) is 33.6 Å². The molecule has 0 rings (SSSR count). The quantitative estimate of drug-likeness (QED) is 0.506. The van der Waals surface area contributed by atoms with Gasteiger partial charge in [-0.1, -0.05) is 19.1 Å². The third kappa shape index (κ3) is 6.26. The van der Waals surface area contributed by atoms with Crippen molar-refractivity contribution in [1.82, 2.24) is 0 Å². The van der Waals surface area contributed by atoms with Crippen LogP contribution in [0.3, 0.4) is 0 Å². The van der Waals surface area contributed by atoms with E-state index < -0.39 is 0 Å². The Labute approximate surface area is 80.9 Å². The second-order valence-electron chi connectivity index (χ2n) is 3.30. The molecule has 13 heavy (non-hydrogen) atoms. The van der Waals surface area contributed by atoms with Crippen LogP contribution in [0.4, 0.5) is 0 Å². The van der Waals surface area contributed by atoms with Crippen LogP contribution < -0.4 is 0 Å². The van der Waals surface area contributed by atoms with E-state index in [1.165, 1.54) is 5.57 Å². The Kier molecular flexibility index (Phi) is 6.11. The maximum atomic E-state index is 9.12. The Bertz CT molecular complexity index is 183. The SMILES string of the molecule is C=C(C)C(C)CC/C=C(/O)OCC. The minimum atomic E-state index is 0.0383. The molecule has 0 fully saturated rings. The van der Waals surface area contributed by atoms with Crippen LogP contribution in [0.15, 0.2) is 24.2 Å². The largest absolute Gasteiger partial charge is 0.481 e. The van der Waals surface area contributed by atoms with E-state index in [2.05, 4.69) is 13.5 Å². The van der Waals surface area contributed by atoms with Gasteiger partial charge in [0.1, 0.15) is 0 Å². The summed E-state index contributed by atoms with van der Waals surface area (Å²) in [5.41, 5.74) is 1.18. The van der Waals surface area contributed by atoms with Gasteiger partial charge in [0.05, 0.1) is 6.61 Å². The molecule has 0 aliphatic heterocycles. The number of aliphatic hydroxyl groups excluding tert-OH is 1. The van der Waals surface area contributed by atoms with Crippen molar-refractivity contribution in [3.63, 3.8) is 0 Å². The first-order chi connectivity index (χ1) is 6.07. The van der Waals surface area contributed by atoms with Crippen molar-refractivity contribution >= 4 is 0 Å². The summed E-state index contributed by atoms with van der Waals surface area (Å²) in [5.74, 6) is 0.544. The third-order valence-electron chi connectivity index (χ3n) is 2.05. The predicted molar refractivity (Wildman–Crippen MR) is 55.5 cm³/mol. The number of allylic oxidation sites excluding steroid dienone is 2. The fourth-order valence-electron chi connectivity index (χ4n) is 0.910. The van der Waals surface area contributed by atoms with E-state index in [-0.39, 0.29) is 5.95 Å². The fourth-order valence-corrected chi connectivity index (χ4v) is 0.910. The number of aliphatic hydroxyl groups is 1. The van der Waals surface area contributed by atoms with Gasteiger partial charge in [-0.3, -0.25) is 0 Å². The van der Waals surface area contributed by atoms with Gasteiger partial charge in [-0.05, 0) is 38.7 Å². The molecule has 0 heterocycles. The zero-order valence-electron chi connectivity index (χ0n) is 8.84. The molecule has 0 amide bonds. The van der Waals surface area contributed by atoms with Crippen LogP contribution in [0.25, 0.3) is 0 Å². The number of hydrogen-bond donors (Lipinski definition) is 1. The molecule has 0 aromatic rings. The Hall–Kier alpha value is -0.920. The summed E-state index contributed by atoms with van der Waals surface area (Å²) < 4.78 is 4.88. The minimum Gasteiger partial charge on any atom is -0.481 e. The highest BCUT2D eigenvalue weighted by atomic mass is 16.6. The number of hydrogen-bond acceptors (Lipinski definition) is 2. The summed E-state index contributed by atoms with van der Waals surface area (Å²) in [4.78, 5) is 0. The maximum Gasteiger partial charge on any atom is 0.272 e. The third-order valence-corrected chi connectivity index (χ3v) is 2.05. The van der Waals surface area contributed by atoms with Crippen molar-refractivity contribution in [3.8, 4) is 0 Å². The van der Waals surface area contributed by atoms with E-state index in [4.69, 9.17) is 9.84 Å². The van der Waals surface area contributed by atoms with Crippen LogP contribution in [-0.2, 0) is 4.74 Å². The first-order valence-corrected chi connectivity index (χ1v) is 4.75. The maximum absolute atomic E-state index is 9.12. The van der Waals surface area contributed by atoms with Gasteiger partial charge in [0.15, 0.2) is 0 Å². The Morgan fingerprint density at radius 3 is 2.69 bits per heavy atom. The van der Waals surface area contributed by atoms with Gasteiger partial charge in [-0.15, -0.1) is 0 Å². The van der Waals surface area contributed by atoms with Gasteiger partial charge in [-0.2, -0.15) is 0 Å². The van der Waals surface area contributed by atoms with Gasteiger partial charge in [0, 0.05) is 0 Å². The monoisotopic (exact) mass is 184 g/mol. The molecule has 76 valence electrons. The molecule has 0 aliphatic rings. The average Bonchev–Trinajstić information content (AvgIpc) is 2.04. The second kappa shape index (κ2) is 6.58. The number of ether oxygens (including phenoxy) is 1. The molecule has 1 N–H and O–H groups in total. The molecular weight excluding hydrogens is 164 g/mol. The molecule has 0 aromatic heterocycles. The molecule has 0 spiro atoms. The summed E-state index contributed by atoms with van der Waals surface area (Å²) >= 11 is 0. The summed E-state index contributed by atoms with van der Waals surface area (Å²) in [5, 5.41) is 9.12. The molecule has 0 aliphatic carbocycles. The van der Waals surface area contributed by atoms with Crippen LogP contribution in [0, 0.1) is 5.92 Å². The predicted octanol–water partition coefficient (Wildman–Crippen LogP) is 3.41. The zero-order chi connectivity index (χ0) is 10.3. The average molecular weight is 184 g/mol. The zero-order valence-corrected chi connectivity index (χ0v) is 8.84. The smallest absolute Gasteiger partial charge is 0.272 e. The highest BCUT2D eigenvalue weighted by molar-refractivity contribution is 4.95. The van der Waals surface area contributed by atoms with Crippen molar-refractivity contribution in [2.24, 2.45) is 5.92 Å². The van der Waals surface area contributed by atoms with Gasteiger partial charge < -0.3 is 9.84 Å². The van der Waals surface area contributed by atoms with Gasteiger partial charge >= 0.3 is 0 Å². The van der Waals surface area contributed by atoms with Crippen LogP contribution in [-0.4, -0.2) is 11.7 Å². The Morgan fingerprint density at radius 1 is 1.62 bits per heavy atom. The lowest BCUT2D eigenvalue weighted by molar-refractivity contribution is 0.101. The highest BCUT2D eigenvalue weighted by Crippen LogP contribution is 2.14. The lowest BCUT2D eigenvalue weighted by Gasteiger charge is -2.08. The fraction of sp³-hybridized carbons (Fsp3) is 0.636. The van der Waals surface area contributed by atoms with Crippen molar-refractivity contribution in [3.05, 3.63) is 24.2 Å². The topological polar surface area (TPSA) is 29.5 Å². The van der Waals surface area contributed by atoms with E-state index in [9.17, 15) is 0 Å². The van der Waals surface area contributed by atoms with Crippen molar-refractivity contribution < 1.29 is 9.84 Å². The molecule has 1 atom stereocenters. The summed E-state index contributed by atoms with van der Waals surface area (Å²) in [7, 11) is 0. The van der Waals surface area contributed by atoms with E-state index in [1.54, 1.807) is 6.08 Å². The first kappa shape index (κ1) is 12.1. The van der Waals surface area contributed by atoms with Crippen molar-refractivity contribution in [2.45, 2.75) is 33.6 Å². The molecular formula is C11H20O2. The summed E-state index contributed by atoms with van der Waals surface area (Å²) in [6.07, 6.45) is 3.55. The summed E-state index contributed by atoms with van der Waals surface area (Å²) in [6, 6.07) is 0. The molecule has 0 radical (unpaired) electrons. The van der Waals surface area contributed by atoms with Gasteiger partial charge in [0.25, 0.3) is 5.95 Å². The lowest BCUT2D eigenvalue weighted by Crippen LogP contribution is -1.95. The molecule has 0 saturated carbocycles. The van der Waals surface area contributed by atoms with Gasteiger partial charge in [-0.25, -0.2) is 0 Å². The van der Waals surface area contributed by atoms with Crippen LogP contribution >= 0.6 is 0 Å². The first-order valence-electron chi connectivity index (χ1n) is 4.75. The van der Waals surface area contributed by atoms with E-state index in [0.29, 0.717) is 12.5 Å². The molecule has 0 saturated heterocycles. The molecule has 2 heteroatoms. The summed E-state index contributed by atoms with van der Waals surface area (Å²) in [6.45, 7) is 10.4. The van der Waals surface area contributed by atoms with E-state index in [0.717, 1.165) is 12.8 Å². The van der Waals surface area contributed by atoms with Gasteiger partial charge in [0.2, 0.25) is 0 Å². The molecule has 2 nitrogen and oxygen atoms in total. The van der Waals surface area contributed by atoms with E-state index in [1.807, 2.05) is 13.8 Å².